The van der Waals surface area contributed by atoms with E-state index in [1.807, 2.05) is 13.1 Å². The Bertz CT molecular complexity index is 338. The van der Waals surface area contributed by atoms with Crippen molar-refractivity contribution in [2.45, 2.75) is 19.3 Å². The predicted octanol–water partition coefficient (Wildman–Crippen LogP) is 0.874. The summed E-state index contributed by atoms with van der Waals surface area (Å²) in [6.07, 6.45) is 3.41. The molecule has 1 aliphatic carbocycles. The van der Waals surface area contributed by atoms with E-state index < -0.39 is 0 Å². The molecule has 58 valence electrons. The summed E-state index contributed by atoms with van der Waals surface area (Å²) in [6.45, 7) is 0. The molecule has 0 radical (unpaired) electrons. The smallest absolute Gasteiger partial charge is 0.250 e. The molecular weight excluding hydrogens is 138 g/mol. The molecule has 0 N–H and O–H groups in total. The minimum absolute atomic E-state index is 0.116. The molecule has 2 nitrogen and oxygen atoms in total. The highest BCUT2D eigenvalue weighted by molar-refractivity contribution is 5.25. The van der Waals surface area contributed by atoms with E-state index in [1.165, 1.54) is 17.7 Å². The molecule has 1 heterocycles. The van der Waals surface area contributed by atoms with Crippen molar-refractivity contribution >= 4 is 0 Å². The quantitative estimate of drug-likeness (QED) is 0.536. The zero-order valence-electron chi connectivity index (χ0n) is 6.63. The van der Waals surface area contributed by atoms with Gasteiger partial charge in [0.25, 0.3) is 0 Å². The minimum Gasteiger partial charge on any atom is -0.315 e. The molecule has 0 saturated heterocycles. The SMILES string of the molecule is Cn1c2c(ccc1=O)CCC2. The molecule has 1 aliphatic rings. The maximum Gasteiger partial charge on any atom is 0.250 e. The lowest BCUT2D eigenvalue weighted by Crippen LogP contribution is -2.18. The first-order chi connectivity index (χ1) is 5.29. The summed E-state index contributed by atoms with van der Waals surface area (Å²) in [6, 6.07) is 3.62. The van der Waals surface area contributed by atoms with Crippen molar-refractivity contribution in [1.29, 1.82) is 0 Å². The molecule has 2 rings (SSSR count). The molecule has 0 aliphatic heterocycles. The first-order valence-corrected chi connectivity index (χ1v) is 3.97. The van der Waals surface area contributed by atoms with Gasteiger partial charge < -0.3 is 4.57 Å². The van der Waals surface area contributed by atoms with Gasteiger partial charge in [0.05, 0.1) is 0 Å². The Hall–Kier alpha value is -1.05. The third kappa shape index (κ3) is 0.897. The lowest BCUT2D eigenvalue weighted by atomic mass is 10.2. The largest absolute Gasteiger partial charge is 0.315 e. The van der Waals surface area contributed by atoms with Gasteiger partial charge in [-0.05, 0) is 24.8 Å². The van der Waals surface area contributed by atoms with Crippen LogP contribution in [0.3, 0.4) is 0 Å². The average molecular weight is 149 g/mol. The van der Waals surface area contributed by atoms with E-state index in [0.29, 0.717) is 0 Å². The third-order valence-electron chi connectivity index (χ3n) is 2.39. The molecular formula is C9H11NO. The number of aromatic nitrogens is 1. The zero-order valence-corrected chi connectivity index (χ0v) is 6.63. The fourth-order valence-corrected chi connectivity index (χ4v) is 1.73. The topological polar surface area (TPSA) is 22.0 Å². The molecule has 0 bridgehead atoms. The van der Waals surface area contributed by atoms with Crippen molar-refractivity contribution in [1.82, 2.24) is 4.57 Å². The van der Waals surface area contributed by atoms with Crippen molar-refractivity contribution in [3.8, 4) is 0 Å². The third-order valence-corrected chi connectivity index (χ3v) is 2.39. The van der Waals surface area contributed by atoms with Gasteiger partial charge in [0, 0.05) is 18.8 Å². The van der Waals surface area contributed by atoms with Crippen LogP contribution in [0.5, 0.6) is 0 Å². The predicted molar refractivity (Wildman–Crippen MR) is 43.7 cm³/mol. The van der Waals surface area contributed by atoms with Gasteiger partial charge >= 0.3 is 0 Å². The Kier molecular flexibility index (Phi) is 1.34. The van der Waals surface area contributed by atoms with E-state index in [4.69, 9.17) is 0 Å². The molecule has 11 heavy (non-hydrogen) atoms. The Morgan fingerprint density at radius 1 is 1.36 bits per heavy atom. The molecule has 0 saturated carbocycles. The van der Waals surface area contributed by atoms with Crippen LogP contribution in [0, 0.1) is 0 Å². The van der Waals surface area contributed by atoms with Crippen LogP contribution in [0.15, 0.2) is 16.9 Å². The number of pyridine rings is 1. The maximum absolute atomic E-state index is 11.1. The van der Waals surface area contributed by atoms with Crippen molar-refractivity contribution in [3.63, 3.8) is 0 Å². The van der Waals surface area contributed by atoms with Crippen molar-refractivity contribution < 1.29 is 0 Å². The van der Waals surface area contributed by atoms with Gasteiger partial charge in [-0.15, -0.1) is 0 Å². The fraction of sp³-hybridized carbons (Fsp3) is 0.444. The van der Waals surface area contributed by atoms with Crippen molar-refractivity contribution in [2.24, 2.45) is 7.05 Å². The van der Waals surface area contributed by atoms with Crippen LogP contribution >= 0.6 is 0 Å². The second kappa shape index (κ2) is 2.22. The maximum atomic E-state index is 11.1. The summed E-state index contributed by atoms with van der Waals surface area (Å²) in [5.41, 5.74) is 2.70. The zero-order chi connectivity index (χ0) is 7.84. The lowest BCUT2D eigenvalue weighted by Gasteiger charge is -2.03. The van der Waals surface area contributed by atoms with Gasteiger partial charge in [-0.1, -0.05) is 6.07 Å². The summed E-state index contributed by atoms with van der Waals surface area (Å²) in [7, 11) is 1.85. The standard InChI is InChI=1S/C9H11NO/c1-10-8-4-2-3-7(8)5-6-9(10)11/h5-6H,2-4H2,1H3. The van der Waals surface area contributed by atoms with E-state index in [9.17, 15) is 4.79 Å². The number of fused-ring (bicyclic) bond motifs is 1. The van der Waals surface area contributed by atoms with Gasteiger partial charge in [0.15, 0.2) is 0 Å². The molecule has 0 aromatic carbocycles. The first-order valence-electron chi connectivity index (χ1n) is 3.97. The molecule has 0 spiro atoms. The molecule has 1 aromatic rings. The van der Waals surface area contributed by atoms with Gasteiger partial charge in [-0.3, -0.25) is 4.79 Å². The second-order valence-corrected chi connectivity index (χ2v) is 3.06. The second-order valence-electron chi connectivity index (χ2n) is 3.06. The monoisotopic (exact) mass is 149 g/mol. The van der Waals surface area contributed by atoms with E-state index in [-0.39, 0.29) is 5.56 Å². The summed E-state index contributed by atoms with van der Waals surface area (Å²) in [5, 5.41) is 0. The number of hydrogen-bond acceptors (Lipinski definition) is 1. The van der Waals surface area contributed by atoms with Crippen LogP contribution in [0.25, 0.3) is 0 Å². The molecule has 0 atom stereocenters. The van der Waals surface area contributed by atoms with Crippen molar-refractivity contribution in [2.75, 3.05) is 0 Å². The van der Waals surface area contributed by atoms with Crippen LogP contribution in [-0.2, 0) is 19.9 Å². The van der Waals surface area contributed by atoms with Gasteiger partial charge in [-0.2, -0.15) is 0 Å². The molecule has 0 unspecified atom stereocenters. The van der Waals surface area contributed by atoms with E-state index in [1.54, 1.807) is 10.6 Å². The van der Waals surface area contributed by atoms with Crippen molar-refractivity contribution in [3.05, 3.63) is 33.7 Å². The van der Waals surface area contributed by atoms with E-state index >= 15 is 0 Å². The van der Waals surface area contributed by atoms with Crippen LogP contribution < -0.4 is 5.56 Å². The van der Waals surface area contributed by atoms with Crippen LogP contribution in [-0.4, -0.2) is 4.57 Å². The summed E-state index contributed by atoms with van der Waals surface area (Å²) < 4.78 is 1.77. The Labute approximate surface area is 65.5 Å². The Balaban J connectivity index is 2.72. The van der Waals surface area contributed by atoms with Crippen LogP contribution in [0.2, 0.25) is 0 Å². The molecule has 0 fully saturated rings. The van der Waals surface area contributed by atoms with Gasteiger partial charge in [0.2, 0.25) is 5.56 Å². The van der Waals surface area contributed by atoms with Crippen LogP contribution in [0.1, 0.15) is 17.7 Å². The molecule has 0 amide bonds. The normalized spacial score (nSPS) is 15.0. The summed E-state index contributed by atoms with van der Waals surface area (Å²) >= 11 is 0. The van der Waals surface area contributed by atoms with Gasteiger partial charge in [0.1, 0.15) is 0 Å². The highest BCUT2D eigenvalue weighted by Crippen LogP contribution is 2.18. The van der Waals surface area contributed by atoms with E-state index in [2.05, 4.69) is 0 Å². The highest BCUT2D eigenvalue weighted by Gasteiger charge is 2.12. The Morgan fingerprint density at radius 3 is 3.00 bits per heavy atom. The van der Waals surface area contributed by atoms with Gasteiger partial charge in [-0.25, -0.2) is 0 Å². The number of hydrogen-bond donors (Lipinski definition) is 0. The minimum atomic E-state index is 0.116. The highest BCUT2D eigenvalue weighted by atomic mass is 16.1. The average Bonchev–Trinajstić information content (AvgIpc) is 2.45. The fourth-order valence-electron chi connectivity index (χ4n) is 1.73. The van der Waals surface area contributed by atoms with Crippen LogP contribution in [0.4, 0.5) is 0 Å². The first kappa shape index (κ1) is 6.65. The molecule has 2 heteroatoms. The van der Waals surface area contributed by atoms with E-state index in [0.717, 1.165) is 12.8 Å². The number of aryl methyl sites for hydroxylation is 1. The Morgan fingerprint density at radius 2 is 2.18 bits per heavy atom. The lowest BCUT2D eigenvalue weighted by molar-refractivity contribution is 0.779. The number of rotatable bonds is 0. The summed E-state index contributed by atoms with van der Waals surface area (Å²) in [5.74, 6) is 0. The number of nitrogens with zero attached hydrogens (tertiary/aromatic N) is 1. The summed E-state index contributed by atoms with van der Waals surface area (Å²) in [4.78, 5) is 11.1. The molecule has 1 aromatic heterocycles.